The standard InChI is InChI=1S/C17H17ClIN5O4/c18-17-22-14(20-5-8-2-1-3-9(19)4-8)11-15(23-17)24(7-21-11)16-13(27)12(26)10(6-25)28-16/h1-4,7,10,12-13,16,25-27H,5-6H2,(H,20,22,23)/t10-,12-,13-,16-/m1/s1/i16D. The Morgan fingerprint density at radius 3 is 2.86 bits per heavy atom. The van der Waals surface area contributed by atoms with Crippen LogP contribution in [0.4, 0.5) is 5.82 Å². The zero-order valence-electron chi connectivity index (χ0n) is 15.3. The quantitative estimate of drug-likeness (QED) is 0.294. The number of aromatic nitrogens is 4. The Labute approximate surface area is 179 Å². The number of anilines is 1. The molecule has 148 valence electrons. The third kappa shape index (κ3) is 3.67. The number of aliphatic hydroxyl groups excluding tert-OH is 3. The van der Waals surface area contributed by atoms with Crippen molar-refractivity contribution in [1.82, 2.24) is 19.5 Å². The third-order valence-electron chi connectivity index (χ3n) is 4.36. The van der Waals surface area contributed by atoms with E-state index in [2.05, 4.69) is 42.9 Å². The Balaban J connectivity index is 1.70. The molecule has 0 radical (unpaired) electrons. The second kappa shape index (κ2) is 8.05. The summed E-state index contributed by atoms with van der Waals surface area (Å²) in [6, 6.07) is 7.91. The molecule has 11 heteroatoms. The highest BCUT2D eigenvalue weighted by Crippen LogP contribution is 2.32. The minimum Gasteiger partial charge on any atom is -0.394 e. The van der Waals surface area contributed by atoms with E-state index in [-0.39, 0.29) is 10.9 Å². The highest BCUT2D eigenvalue weighted by molar-refractivity contribution is 14.1. The number of nitrogens with one attached hydrogen (secondary N) is 1. The first kappa shape index (κ1) is 18.5. The molecule has 0 bridgehead atoms. The Morgan fingerprint density at radius 1 is 1.32 bits per heavy atom. The fraction of sp³-hybridized carbons (Fsp3) is 0.353. The number of hydrogen-bond acceptors (Lipinski definition) is 8. The van der Waals surface area contributed by atoms with Gasteiger partial charge in [0, 0.05) is 10.1 Å². The van der Waals surface area contributed by atoms with Crippen LogP contribution in [0.1, 0.15) is 13.1 Å². The summed E-state index contributed by atoms with van der Waals surface area (Å²) in [4.78, 5) is 12.6. The summed E-state index contributed by atoms with van der Waals surface area (Å²) >= 11 is 8.30. The fourth-order valence-electron chi connectivity index (χ4n) is 2.98. The number of fused-ring (bicyclic) bond motifs is 1. The summed E-state index contributed by atoms with van der Waals surface area (Å²) in [6.07, 6.45) is -5.06. The van der Waals surface area contributed by atoms with Crippen molar-refractivity contribution in [2.75, 3.05) is 11.9 Å². The van der Waals surface area contributed by atoms with Crippen molar-refractivity contribution < 1.29 is 21.4 Å². The van der Waals surface area contributed by atoms with E-state index in [9.17, 15) is 15.3 Å². The molecule has 1 aliphatic heterocycles. The van der Waals surface area contributed by atoms with E-state index in [1.807, 2.05) is 24.3 Å². The summed E-state index contributed by atoms with van der Waals surface area (Å²) in [7, 11) is 0. The summed E-state index contributed by atoms with van der Waals surface area (Å²) in [5, 5.41) is 32.8. The molecule has 1 aliphatic rings. The summed E-state index contributed by atoms with van der Waals surface area (Å²) < 4.78 is 16.2. The lowest BCUT2D eigenvalue weighted by molar-refractivity contribution is -0.0511. The van der Waals surface area contributed by atoms with Crippen molar-refractivity contribution in [3.63, 3.8) is 0 Å². The van der Waals surface area contributed by atoms with E-state index in [1.54, 1.807) is 0 Å². The van der Waals surface area contributed by atoms with Gasteiger partial charge in [-0.25, -0.2) is 4.98 Å². The molecule has 28 heavy (non-hydrogen) atoms. The Bertz CT molecular complexity index is 1060. The first-order valence-corrected chi connectivity index (χ1v) is 9.83. The minimum atomic E-state index is -2.13. The molecule has 0 unspecified atom stereocenters. The van der Waals surface area contributed by atoms with Crippen LogP contribution in [0.2, 0.25) is 5.28 Å². The number of rotatable bonds is 5. The average molecular weight is 519 g/mol. The maximum absolute atomic E-state index is 10.4. The van der Waals surface area contributed by atoms with Crippen molar-refractivity contribution in [2.45, 2.75) is 31.1 Å². The van der Waals surface area contributed by atoms with Gasteiger partial charge in [-0.05, 0) is 51.9 Å². The van der Waals surface area contributed by atoms with Gasteiger partial charge in [0.15, 0.2) is 23.2 Å². The van der Waals surface area contributed by atoms with Crippen LogP contribution in [0.15, 0.2) is 30.6 Å². The van der Waals surface area contributed by atoms with Crippen molar-refractivity contribution >= 4 is 51.2 Å². The van der Waals surface area contributed by atoms with Crippen molar-refractivity contribution in [2.24, 2.45) is 0 Å². The lowest BCUT2D eigenvalue weighted by atomic mass is 10.1. The second-order valence-electron chi connectivity index (χ2n) is 6.22. The predicted molar refractivity (Wildman–Crippen MR) is 110 cm³/mol. The number of halogens is 2. The molecule has 1 fully saturated rings. The van der Waals surface area contributed by atoms with Gasteiger partial charge in [-0.2, -0.15) is 9.97 Å². The largest absolute Gasteiger partial charge is 0.394 e. The molecule has 0 saturated carbocycles. The van der Waals surface area contributed by atoms with Crippen molar-refractivity contribution in [3.05, 3.63) is 45.0 Å². The lowest BCUT2D eigenvalue weighted by Crippen LogP contribution is -2.33. The van der Waals surface area contributed by atoms with Crippen LogP contribution in [-0.2, 0) is 11.3 Å². The van der Waals surface area contributed by atoms with E-state index in [0.717, 1.165) is 13.7 Å². The molecule has 0 amide bonds. The van der Waals surface area contributed by atoms with E-state index >= 15 is 0 Å². The maximum Gasteiger partial charge on any atom is 0.226 e. The summed E-state index contributed by atoms with van der Waals surface area (Å²) in [5.41, 5.74) is 1.50. The molecule has 4 atom stereocenters. The number of nitrogens with zero attached hydrogens (tertiary/aromatic N) is 4. The molecule has 2 aromatic heterocycles. The first-order chi connectivity index (χ1) is 13.8. The van der Waals surface area contributed by atoms with Gasteiger partial charge in [-0.3, -0.25) is 4.57 Å². The van der Waals surface area contributed by atoms with Crippen LogP contribution in [0.25, 0.3) is 11.2 Å². The Hall–Kier alpha value is -1.57. The minimum absolute atomic E-state index is 0.0836. The molecule has 4 N–H and O–H groups in total. The first-order valence-electron chi connectivity index (χ1n) is 8.87. The molecular weight excluding hydrogens is 501 g/mol. The highest BCUT2D eigenvalue weighted by Gasteiger charge is 2.44. The van der Waals surface area contributed by atoms with E-state index in [0.29, 0.717) is 17.9 Å². The van der Waals surface area contributed by atoms with E-state index in [4.69, 9.17) is 17.7 Å². The molecule has 4 rings (SSSR count). The van der Waals surface area contributed by atoms with Gasteiger partial charge in [0.1, 0.15) is 18.3 Å². The molecule has 3 aromatic rings. The molecule has 9 nitrogen and oxygen atoms in total. The number of aliphatic hydroxyl groups is 3. The average Bonchev–Trinajstić information content (AvgIpc) is 3.21. The van der Waals surface area contributed by atoms with Crippen molar-refractivity contribution in [1.29, 1.82) is 0 Å². The Morgan fingerprint density at radius 2 is 2.14 bits per heavy atom. The summed E-state index contributed by atoms with van der Waals surface area (Å²) in [5.74, 6) is 0.355. The predicted octanol–water partition coefficient (Wildman–Crippen LogP) is 1.31. The second-order valence-corrected chi connectivity index (χ2v) is 7.81. The molecule has 1 aromatic carbocycles. The van der Waals surface area contributed by atoms with Gasteiger partial charge in [0.05, 0.1) is 14.3 Å². The lowest BCUT2D eigenvalue weighted by Gasteiger charge is -2.16. The number of hydrogen-bond donors (Lipinski definition) is 4. The SMILES string of the molecule is [2H][C@@]1(n2cnc3c(NCc4cccc(I)c4)nc(Cl)nc32)O[C@H](CO)[C@@H](O)[C@H]1O. The molecule has 1 saturated heterocycles. The van der Waals surface area contributed by atoms with Gasteiger partial charge in [0.25, 0.3) is 0 Å². The van der Waals surface area contributed by atoms with E-state index < -0.39 is 31.1 Å². The zero-order chi connectivity index (χ0) is 20.8. The molecular formula is C17H17ClIN5O4. The topological polar surface area (TPSA) is 126 Å². The smallest absolute Gasteiger partial charge is 0.226 e. The van der Waals surface area contributed by atoms with E-state index in [1.165, 1.54) is 6.33 Å². The number of imidazole rings is 1. The van der Waals surface area contributed by atoms with Gasteiger partial charge in [-0.1, -0.05) is 12.1 Å². The number of benzene rings is 1. The number of ether oxygens (including phenoxy) is 1. The molecule has 3 heterocycles. The highest BCUT2D eigenvalue weighted by atomic mass is 127. The van der Waals surface area contributed by atoms with Crippen LogP contribution in [0, 0.1) is 3.57 Å². The van der Waals surface area contributed by atoms with Gasteiger partial charge in [0.2, 0.25) is 5.28 Å². The van der Waals surface area contributed by atoms with Crippen LogP contribution in [0.3, 0.4) is 0 Å². The zero-order valence-corrected chi connectivity index (χ0v) is 17.2. The van der Waals surface area contributed by atoms with Crippen LogP contribution >= 0.6 is 34.2 Å². The molecule has 0 spiro atoms. The van der Waals surface area contributed by atoms with Crippen LogP contribution in [-0.4, -0.2) is 59.8 Å². The van der Waals surface area contributed by atoms with Gasteiger partial charge in [-0.15, -0.1) is 0 Å². The van der Waals surface area contributed by atoms with Crippen LogP contribution < -0.4 is 5.32 Å². The van der Waals surface area contributed by atoms with Crippen molar-refractivity contribution in [3.8, 4) is 0 Å². The van der Waals surface area contributed by atoms with Gasteiger partial charge >= 0.3 is 0 Å². The Kier molecular flexibility index (Phi) is 5.30. The summed E-state index contributed by atoms with van der Waals surface area (Å²) in [6.45, 7) is -0.0908. The maximum atomic E-state index is 10.4. The third-order valence-corrected chi connectivity index (χ3v) is 5.20. The van der Waals surface area contributed by atoms with Gasteiger partial charge < -0.3 is 25.4 Å². The monoisotopic (exact) mass is 518 g/mol. The molecule has 0 aliphatic carbocycles. The normalized spacial score (nSPS) is 27.9. The van der Waals surface area contributed by atoms with Crippen LogP contribution in [0.5, 0.6) is 0 Å². The fourth-order valence-corrected chi connectivity index (χ4v) is 3.75.